The fourth-order valence-corrected chi connectivity index (χ4v) is 4.25. The first-order chi connectivity index (χ1) is 12.1. The van der Waals surface area contributed by atoms with Crippen molar-refractivity contribution in [1.82, 2.24) is 15.1 Å². The highest BCUT2D eigenvalue weighted by Crippen LogP contribution is 2.41. The lowest BCUT2D eigenvalue weighted by atomic mass is 9.98. The predicted octanol–water partition coefficient (Wildman–Crippen LogP) is 2.60. The third-order valence-corrected chi connectivity index (χ3v) is 6.01. The number of rotatable bonds is 7. The minimum Gasteiger partial charge on any atom is -0.352 e. The predicted molar refractivity (Wildman–Crippen MR) is 106 cm³/mol. The lowest BCUT2D eigenvalue weighted by Crippen LogP contribution is -2.43. The van der Waals surface area contributed by atoms with Crippen molar-refractivity contribution in [1.29, 1.82) is 0 Å². The van der Waals surface area contributed by atoms with Gasteiger partial charge in [0.2, 0.25) is 11.8 Å². The van der Waals surface area contributed by atoms with Crippen LogP contribution in [0.5, 0.6) is 0 Å². The van der Waals surface area contributed by atoms with E-state index in [2.05, 4.69) is 30.1 Å². The quantitative estimate of drug-likeness (QED) is 0.687. The van der Waals surface area contributed by atoms with Gasteiger partial charge in [0, 0.05) is 51.6 Å². The van der Waals surface area contributed by atoms with Gasteiger partial charge in [-0.15, -0.1) is 12.4 Å². The highest BCUT2D eigenvalue weighted by atomic mass is 35.5. The lowest BCUT2D eigenvalue weighted by Gasteiger charge is -2.27. The molecule has 3 aliphatic rings. The van der Waals surface area contributed by atoms with E-state index in [1.165, 1.54) is 18.4 Å². The molecule has 3 fully saturated rings. The van der Waals surface area contributed by atoms with Crippen molar-refractivity contribution in [3.8, 4) is 0 Å². The molecule has 0 spiro atoms. The fraction of sp³-hybridized carbons (Fsp3) is 0.800. The molecule has 6 heteroatoms. The first kappa shape index (κ1) is 21.2. The molecule has 0 aromatic rings. The van der Waals surface area contributed by atoms with E-state index in [-0.39, 0.29) is 30.3 Å². The maximum Gasteiger partial charge on any atom is 0.222 e. The Bertz CT molecular complexity index is 533. The van der Waals surface area contributed by atoms with Gasteiger partial charge in [-0.1, -0.05) is 11.6 Å². The Balaban J connectivity index is 0.00000243. The smallest absolute Gasteiger partial charge is 0.222 e. The van der Waals surface area contributed by atoms with E-state index in [1.54, 1.807) is 0 Å². The minimum absolute atomic E-state index is 0. The summed E-state index contributed by atoms with van der Waals surface area (Å²) in [5, 5.41) is 3.29. The molecule has 1 N–H and O–H groups in total. The maximum atomic E-state index is 12.4. The van der Waals surface area contributed by atoms with Crippen LogP contribution in [0.1, 0.15) is 52.4 Å². The number of carbonyl (C=O) groups is 2. The summed E-state index contributed by atoms with van der Waals surface area (Å²) in [4.78, 5) is 28.6. The Morgan fingerprint density at radius 2 is 2.04 bits per heavy atom. The molecule has 3 rings (SSSR count). The number of hydrogen-bond donors (Lipinski definition) is 1. The molecule has 148 valence electrons. The topological polar surface area (TPSA) is 52.7 Å². The summed E-state index contributed by atoms with van der Waals surface area (Å²) in [7, 11) is 0. The van der Waals surface area contributed by atoms with Crippen LogP contribution in [-0.4, -0.2) is 60.4 Å². The molecule has 0 unspecified atom stereocenters. The summed E-state index contributed by atoms with van der Waals surface area (Å²) < 4.78 is 0. The Kier molecular flexibility index (Phi) is 7.96. The Hall–Kier alpha value is -1.07. The van der Waals surface area contributed by atoms with Crippen molar-refractivity contribution in [2.75, 3.05) is 32.7 Å². The second-order valence-electron chi connectivity index (χ2n) is 8.09. The molecule has 0 radical (unpaired) electrons. The van der Waals surface area contributed by atoms with E-state index in [4.69, 9.17) is 0 Å². The van der Waals surface area contributed by atoms with Gasteiger partial charge in [0.15, 0.2) is 0 Å². The van der Waals surface area contributed by atoms with Crippen LogP contribution in [0, 0.1) is 11.8 Å². The van der Waals surface area contributed by atoms with E-state index >= 15 is 0 Å². The SMILES string of the molecule is C/C=C(\C)CN1C[C@H](NC(=O)CCN2CCCCC2=O)[C@@H](C2CC2)C1.Cl. The van der Waals surface area contributed by atoms with Crippen LogP contribution in [0.3, 0.4) is 0 Å². The third-order valence-electron chi connectivity index (χ3n) is 6.01. The van der Waals surface area contributed by atoms with E-state index in [0.717, 1.165) is 44.9 Å². The number of piperidine rings is 1. The molecule has 2 atom stereocenters. The molecule has 1 saturated carbocycles. The van der Waals surface area contributed by atoms with Crippen molar-refractivity contribution in [3.05, 3.63) is 11.6 Å². The first-order valence-corrected chi connectivity index (χ1v) is 9.98. The van der Waals surface area contributed by atoms with Crippen LogP contribution in [0.2, 0.25) is 0 Å². The van der Waals surface area contributed by atoms with Gasteiger partial charge in [0.1, 0.15) is 0 Å². The Morgan fingerprint density at radius 3 is 2.69 bits per heavy atom. The molecule has 2 saturated heterocycles. The Labute approximate surface area is 164 Å². The highest BCUT2D eigenvalue weighted by Gasteiger charge is 2.42. The van der Waals surface area contributed by atoms with Gasteiger partial charge in [0.05, 0.1) is 0 Å². The van der Waals surface area contributed by atoms with Gasteiger partial charge in [-0.05, 0) is 51.4 Å². The minimum atomic E-state index is 0. The molecule has 0 bridgehead atoms. The average molecular weight is 384 g/mol. The zero-order chi connectivity index (χ0) is 17.8. The summed E-state index contributed by atoms with van der Waals surface area (Å²) in [6.07, 6.45) is 7.95. The molecule has 0 aromatic carbocycles. The van der Waals surface area contributed by atoms with Crippen molar-refractivity contribution in [3.63, 3.8) is 0 Å². The molecular formula is C20H34ClN3O2. The first-order valence-electron chi connectivity index (χ1n) is 9.98. The molecule has 2 amide bonds. The normalized spacial score (nSPS) is 27.4. The zero-order valence-electron chi connectivity index (χ0n) is 16.2. The van der Waals surface area contributed by atoms with Crippen molar-refractivity contribution in [2.45, 2.75) is 58.4 Å². The number of halogens is 1. The highest BCUT2D eigenvalue weighted by molar-refractivity contribution is 5.85. The van der Waals surface area contributed by atoms with Gasteiger partial charge in [0.25, 0.3) is 0 Å². The third kappa shape index (κ3) is 5.71. The summed E-state index contributed by atoms with van der Waals surface area (Å²) >= 11 is 0. The van der Waals surface area contributed by atoms with Crippen molar-refractivity contribution >= 4 is 24.2 Å². The number of likely N-dealkylation sites (tertiary alicyclic amines) is 2. The van der Waals surface area contributed by atoms with Crippen LogP contribution in [0.25, 0.3) is 0 Å². The van der Waals surface area contributed by atoms with Crippen LogP contribution in [0.4, 0.5) is 0 Å². The number of amides is 2. The second kappa shape index (κ2) is 9.75. The molecule has 1 aliphatic carbocycles. The molecule has 2 aliphatic heterocycles. The van der Waals surface area contributed by atoms with Crippen molar-refractivity contribution in [2.24, 2.45) is 11.8 Å². The lowest BCUT2D eigenvalue weighted by molar-refractivity contribution is -0.133. The van der Waals surface area contributed by atoms with Crippen LogP contribution in [0.15, 0.2) is 11.6 Å². The van der Waals surface area contributed by atoms with Crippen LogP contribution in [-0.2, 0) is 9.59 Å². The van der Waals surface area contributed by atoms with E-state index in [9.17, 15) is 9.59 Å². The van der Waals surface area contributed by atoms with Gasteiger partial charge in [-0.3, -0.25) is 14.5 Å². The summed E-state index contributed by atoms with van der Waals surface area (Å²) in [5.41, 5.74) is 1.39. The van der Waals surface area contributed by atoms with E-state index in [1.807, 2.05) is 4.90 Å². The average Bonchev–Trinajstić information content (AvgIpc) is 3.37. The molecular weight excluding hydrogens is 350 g/mol. The number of hydrogen-bond acceptors (Lipinski definition) is 3. The molecule has 5 nitrogen and oxygen atoms in total. The van der Waals surface area contributed by atoms with Crippen LogP contribution >= 0.6 is 12.4 Å². The van der Waals surface area contributed by atoms with Gasteiger partial charge >= 0.3 is 0 Å². The zero-order valence-corrected chi connectivity index (χ0v) is 17.0. The Morgan fingerprint density at radius 1 is 1.27 bits per heavy atom. The van der Waals surface area contributed by atoms with Crippen molar-refractivity contribution < 1.29 is 9.59 Å². The summed E-state index contributed by atoms with van der Waals surface area (Å²) in [6.45, 7) is 8.72. The monoisotopic (exact) mass is 383 g/mol. The fourth-order valence-electron chi connectivity index (χ4n) is 4.25. The second-order valence-corrected chi connectivity index (χ2v) is 8.09. The van der Waals surface area contributed by atoms with E-state index in [0.29, 0.717) is 25.3 Å². The number of carbonyl (C=O) groups excluding carboxylic acids is 2. The molecule has 2 heterocycles. The number of nitrogens with zero attached hydrogens (tertiary/aromatic N) is 2. The number of allylic oxidation sites excluding steroid dienone is 1. The van der Waals surface area contributed by atoms with Gasteiger partial charge < -0.3 is 10.2 Å². The summed E-state index contributed by atoms with van der Waals surface area (Å²) in [6, 6.07) is 0.279. The standard InChI is InChI=1S/C20H33N3O2.ClH/c1-3-15(2)12-22-13-17(16-7-8-16)18(14-22)21-19(24)9-11-23-10-5-4-6-20(23)25;/h3,16-18H,4-14H2,1-2H3,(H,21,24);1H/b15-3+;/t17-,18+;/m1./s1. The van der Waals surface area contributed by atoms with Gasteiger partial charge in [-0.25, -0.2) is 0 Å². The largest absolute Gasteiger partial charge is 0.352 e. The van der Waals surface area contributed by atoms with Gasteiger partial charge in [-0.2, -0.15) is 0 Å². The molecule has 0 aromatic heterocycles. The van der Waals surface area contributed by atoms with E-state index < -0.39 is 0 Å². The number of nitrogens with one attached hydrogen (secondary N) is 1. The molecule has 26 heavy (non-hydrogen) atoms. The van der Waals surface area contributed by atoms with Crippen LogP contribution < -0.4 is 5.32 Å². The summed E-state index contributed by atoms with van der Waals surface area (Å²) in [5.74, 6) is 1.72. The maximum absolute atomic E-state index is 12.4.